The van der Waals surface area contributed by atoms with Crippen LogP contribution in [0.5, 0.6) is 0 Å². The zero-order chi connectivity index (χ0) is 15.6. The van der Waals surface area contributed by atoms with E-state index in [1.54, 1.807) is 39.2 Å². The summed E-state index contributed by atoms with van der Waals surface area (Å²) < 4.78 is 5.34. The smallest absolute Gasteiger partial charge is 0.410 e. The van der Waals surface area contributed by atoms with Gasteiger partial charge in [-0.2, -0.15) is 0 Å². The van der Waals surface area contributed by atoms with Crippen LogP contribution in [0.1, 0.15) is 32.3 Å². The van der Waals surface area contributed by atoms with Crippen molar-refractivity contribution < 1.29 is 19.7 Å². The summed E-state index contributed by atoms with van der Waals surface area (Å²) in [6, 6.07) is 3.68. The predicted octanol–water partition coefficient (Wildman–Crippen LogP) is 1.34. The monoisotopic (exact) mass is 294 g/mol. The van der Waals surface area contributed by atoms with E-state index in [0.29, 0.717) is 6.54 Å². The van der Waals surface area contributed by atoms with Crippen LogP contribution in [0.2, 0.25) is 0 Å². The lowest BCUT2D eigenvalue weighted by molar-refractivity contribution is -0.0840. The highest BCUT2D eigenvalue weighted by Gasteiger charge is 2.41. The molecule has 0 saturated carbocycles. The van der Waals surface area contributed by atoms with Gasteiger partial charge >= 0.3 is 6.09 Å². The fourth-order valence-electron chi connectivity index (χ4n) is 2.55. The van der Waals surface area contributed by atoms with Crippen molar-refractivity contribution in [2.24, 2.45) is 5.92 Å². The first-order valence-electron chi connectivity index (χ1n) is 7.02. The molecule has 2 N–H and O–H groups in total. The molecule has 1 aromatic rings. The first-order valence-corrected chi connectivity index (χ1v) is 7.02. The van der Waals surface area contributed by atoms with E-state index in [-0.39, 0.29) is 12.5 Å². The molecule has 0 aliphatic carbocycles. The normalized spacial score (nSPS) is 22.7. The van der Waals surface area contributed by atoms with Crippen LogP contribution in [0.25, 0.3) is 0 Å². The van der Waals surface area contributed by atoms with Crippen LogP contribution in [-0.4, -0.2) is 51.2 Å². The third kappa shape index (κ3) is 3.92. The summed E-state index contributed by atoms with van der Waals surface area (Å²) in [4.78, 5) is 17.7. The molecule has 21 heavy (non-hydrogen) atoms. The Labute approximate surface area is 124 Å². The molecule has 0 spiro atoms. The van der Waals surface area contributed by atoms with E-state index < -0.39 is 23.9 Å². The molecule has 2 heterocycles. The van der Waals surface area contributed by atoms with Gasteiger partial charge in [-0.1, -0.05) is 6.07 Å². The van der Waals surface area contributed by atoms with Crippen molar-refractivity contribution in [3.05, 3.63) is 30.1 Å². The molecule has 0 bridgehead atoms. The minimum absolute atomic E-state index is 0.161. The predicted molar refractivity (Wildman–Crippen MR) is 76.5 cm³/mol. The van der Waals surface area contributed by atoms with Crippen LogP contribution in [0.15, 0.2) is 24.5 Å². The number of rotatable bonds is 2. The Bertz CT molecular complexity index is 484. The van der Waals surface area contributed by atoms with Crippen molar-refractivity contribution in [2.75, 3.05) is 13.1 Å². The molecule has 1 fully saturated rings. The number of ether oxygens (including phenoxy) is 1. The molecular weight excluding hydrogens is 272 g/mol. The molecule has 1 aromatic heterocycles. The van der Waals surface area contributed by atoms with E-state index in [0.717, 1.165) is 5.56 Å². The molecule has 2 rings (SSSR count). The lowest BCUT2D eigenvalue weighted by Crippen LogP contribution is -2.36. The number of carbonyl (C=O) groups is 1. The number of aromatic nitrogens is 1. The van der Waals surface area contributed by atoms with Crippen molar-refractivity contribution in [3.63, 3.8) is 0 Å². The first kappa shape index (κ1) is 15.7. The van der Waals surface area contributed by atoms with Gasteiger partial charge in [0.2, 0.25) is 0 Å². The Kier molecular flexibility index (Phi) is 4.49. The number of nitrogens with zero attached hydrogens (tertiary/aromatic N) is 2. The summed E-state index contributed by atoms with van der Waals surface area (Å²) in [6.45, 7) is 6.06. The van der Waals surface area contributed by atoms with Crippen LogP contribution in [0.4, 0.5) is 4.79 Å². The number of likely N-dealkylation sites (tertiary alicyclic amines) is 1. The summed E-state index contributed by atoms with van der Waals surface area (Å²) >= 11 is 0. The first-order chi connectivity index (χ1) is 9.78. The topological polar surface area (TPSA) is 82.9 Å². The van der Waals surface area contributed by atoms with Gasteiger partial charge in [0, 0.05) is 37.3 Å². The maximum atomic E-state index is 12.1. The maximum absolute atomic E-state index is 12.1. The number of hydrogen-bond acceptors (Lipinski definition) is 5. The van der Waals surface area contributed by atoms with Crippen LogP contribution in [-0.2, 0) is 4.74 Å². The van der Waals surface area contributed by atoms with Gasteiger partial charge < -0.3 is 19.8 Å². The Balaban J connectivity index is 2.14. The average Bonchev–Trinajstić information content (AvgIpc) is 2.83. The van der Waals surface area contributed by atoms with Crippen LogP contribution < -0.4 is 0 Å². The number of pyridine rings is 1. The molecule has 0 aromatic carbocycles. The number of aliphatic hydroxyl groups excluding tert-OH is 1. The van der Waals surface area contributed by atoms with Gasteiger partial charge in [-0.25, -0.2) is 4.79 Å². The second kappa shape index (κ2) is 5.99. The highest BCUT2D eigenvalue weighted by atomic mass is 16.6. The second-order valence-electron chi connectivity index (χ2n) is 6.36. The van der Waals surface area contributed by atoms with Crippen molar-refractivity contribution in [1.29, 1.82) is 0 Å². The quantitative estimate of drug-likeness (QED) is 0.804. The van der Waals surface area contributed by atoms with Gasteiger partial charge in [0.25, 0.3) is 0 Å². The molecule has 1 aliphatic rings. The summed E-state index contributed by atoms with van der Waals surface area (Å²) in [5.74, 6) is -0.604. The molecule has 6 nitrogen and oxygen atoms in total. The van der Waals surface area contributed by atoms with Crippen molar-refractivity contribution in [2.45, 2.75) is 38.6 Å². The molecule has 0 radical (unpaired) electrons. The van der Waals surface area contributed by atoms with Gasteiger partial charge in [-0.05, 0) is 32.4 Å². The molecule has 1 saturated heterocycles. The largest absolute Gasteiger partial charge is 0.444 e. The fourth-order valence-corrected chi connectivity index (χ4v) is 2.55. The summed E-state index contributed by atoms with van der Waals surface area (Å²) in [6.07, 6.45) is 1.44. The molecule has 6 heteroatoms. The maximum Gasteiger partial charge on any atom is 0.410 e. The molecule has 1 aliphatic heterocycles. The zero-order valence-corrected chi connectivity index (χ0v) is 12.6. The van der Waals surface area contributed by atoms with Gasteiger partial charge in [0.1, 0.15) is 5.60 Å². The van der Waals surface area contributed by atoms with Crippen molar-refractivity contribution >= 4 is 6.09 Å². The number of carbonyl (C=O) groups excluding carboxylic acids is 1. The molecular formula is C15H22N2O4. The Morgan fingerprint density at radius 1 is 1.43 bits per heavy atom. The van der Waals surface area contributed by atoms with Gasteiger partial charge in [-0.15, -0.1) is 0 Å². The van der Waals surface area contributed by atoms with E-state index in [1.807, 2.05) is 6.07 Å². The zero-order valence-electron chi connectivity index (χ0n) is 12.6. The number of aliphatic hydroxyl groups is 2. The Morgan fingerprint density at radius 3 is 2.67 bits per heavy atom. The summed E-state index contributed by atoms with van der Waals surface area (Å²) in [7, 11) is 0. The van der Waals surface area contributed by atoms with Crippen LogP contribution >= 0.6 is 0 Å². The van der Waals surface area contributed by atoms with Crippen molar-refractivity contribution in [3.8, 4) is 0 Å². The number of hydrogen-bond donors (Lipinski definition) is 2. The van der Waals surface area contributed by atoms with Gasteiger partial charge in [-0.3, -0.25) is 4.98 Å². The molecule has 2 atom stereocenters. The number of amides is 1. The lowest BCUT2D eigenvalue weighted by Gasteiger charge is -2.24. The Hall–Kier alpha value is -1.66. The van der Waals surface area contributed by atoms with E-state index >= 15 is 0 Å². The highest BCUT2D eigenvalue weighted by Crippen LogP contribution is 2.34. The molecule has 1 amide bonds. The van der Waals surface area contributed by atoms with Crippen LogP contribution in [0, 0.1) is 5.92 Å². The van der Waals surface area contributed by atoms with Gasteiger partial charge in [0.05, 0.1) is 0 Å². The standard InChI is InChI=1S/C15H22N2O4/c1-15(2,3)21-14(20)17-8-11(12(9-17)13(18)19)10-5-4-6-16-7-10/h4-7,11-13,18-19H,8-9H2,1-3H3/t11-,12+/m0/s1. The van der Waals surface area contributed by atoms with Crippen LogP contribution in [0.3, 0.4) is 0 Å². The van der Waals surface area contributed by atoms with E-state index in [1.165, 1.54) is 4.90 Å². The summed E-state index contributed by atoms with van der Waals surface area (Å²) in [5.41, 5.74) is 0.318. The Morgan fingerprint density at radius 2 is 2.14 bits per heavy atom. The second-order valence-corrected chi connectivity index (χ2v) is 6.36. The average molecular weight is 294 g/mol. The SMILES string of the molecule is CC(C)(C)OC(=O)N1C[C@@H](c2cccnc2)[C@H](C(O)O)C1. The van der Waals surface area contributed by atoms with Gasteiger partial charge in [0.15, 0.2) is 6.29 Å². The molecule has 116 valence electrons. The third-order valence-corrected chi connectivity index (χ3v) is 3.51. The minimum Gasteiger partial charge on any atom is -0.444 e. The summed E-state index contributed by atoms with van der Waals surface area (Å²) in [5, 5.41) is 19.1. The van der Waals surface area contributed by atoms with Crippen molar-refractivity contribution in [1.82, 2.24) is 9.88 Å². The highest BCUT2D eigenvalue weighted by molar-refractivity contribution is 5.68. The molecule has 0 unspecified atom stereocenters. The minimum atomic E-state index is -1.48. The fraction of sp³-hybridized carbons (Fsp3) is 0.600. The third-order valence-electron chi connectivity index (χ3n) is 3.51. The van der Waals surface area contributed by atoms with E-state index in [4.69, 9.17) is 4.74 Å². The van der Waals surface area contributed by atoms with E-state index in [2.05, 4.69) is 4.98 Å². The lowest BCUT2D eigenvalue weighted by atomic mass is 9.89. The van der Waals surface area contributed by atoms with E-state index in [9.17, 15) is 15.0 Å².